The van der Waals surface area contributed by atoms with Crippen molar-refractivity contribution < 1.29 is 4.79 Å². The van der Waals surface area contributed by atoms with E-state index in [2.05, 4.69) is 33.4 Å². The number of rotatable bonds is 5. The molecule has 0 unspecified atom stereocenters. The summed E-state index contributed by atoms with van der Waals surface area (Å²) in [5.74, 6) is 1.15. The molecule has 4 heteroatoms. The quantitative estimate of drug-likeness (QED) is 0.659. The minimum atomic E-state index is -0.0263. The van der Waals surface area contributed by atoms with Crippen molar-refractivity contribution in [1.29, 1.82) is 0 Å². The van der Waals surface area contributed by atoms with Gasteiger partial charge in [0.25, 0.3) is 0 Å². The maximum absolute atomic E-state index is 10.9. The van der Waals surface area contributed by atoms with E-state index in [1.54, 1.807) is 0 Å². The van der Waals surface area contributed by atoms with Crippen molar-refractivity contribution in [2.24, 2.45) is 5.41 Å². The molecule has 2 nitrogen and oxygen atoms in total. The molecular weight excluding hydrogens is 298 g/mol. The van der Waals surface area contributed by atoms with Crippen LogP contribution in [0.25, 0.3) is 0 Å². The lowest BCUT2D eigenvalue weighted by atomic mass is 10.2. The molecule has 1 fully saturated rings. The van der Waals surface area contributed by atoms with Crippen molar-refractivity contribution in [3.05, 3.63) is 24.3 Å². The fraction of sp³-hybridized carbons (Fsp3) is 0.462. The molecule has 0 aliphatic heterocycles. The Balaban J connectivity index is 1.87. The number of amides is 1. The topological polar surface area (TPSA) is 29.1 Å². The average Bonchev–Trinajstić information content (AvgIpc) is 3.08. The van der Waals surface area contributed by atoms with Crippen LogP contribution in [0.1, 0.15) is 19.8 Å². The van der Waals surface area contributed by atoms with Gasteiger partial charge in [-0.3, -0.25) is 4.79 Å². The van der Waals surface area contributed by atoms with Crippen LogP contribution >= 0.6 is 27.7 Å². The summed E-state index contributed by atoms with van der Waals surface area (Å²) in [6.07, 6.45) is 2.68. The zero-order valence-electron chi connectivity index (χ0n) is 9.83. The Bertz CT molecular complexity index is 400. The average molecular weight is 314 g/mol. The Morgan fingerprint density at radius 1 is 1.41 bits per heavy atom. The van der Waals surface area contributed by atoms with Crippen LogP contribution in [0.3, 0.4) is 0 Å². The zero-order chi connectivity index (χ0) is 12.3. The fourth-order valence-corrected chi connectivity index (χ4v) is 3.78. The number of hydrogen-bond acceptors (Lipinski definition) is 2. The molecule has 0 aromatic heterocycles. The molecule has 1 saturated carbocycles. The van der Waals surface area contributed by atoms with E-state index in [-0.39, 0.29) is 5.91 Å². The van der Waals surface area contributed by atoms with E-state index in [9.17, 15) is 4.79 Å². The van der Waals surface area contributed by atoms with Crippen molar-refractivity contribution in [1.82, 2.24) is 0 Å². The first kappa shape index (κ1) is 13.0. The highest BCUT2D eigenvalue weighted by atomic mass is 79.9. The van der Waals surface area contributed by atoms with Gasteiger partial charge < -0.3 is 5.32 Å². The first-order valence-corrected chi connectivity index (χ1v) is 7.81. The molecule has 0 bridgehead atoms. The number of benzene rings is 1. The highest BCUT2D eigenvalue weighted by molar-refractivity contribution is 9.09. The van der Waals surface area contributed by atoms with Crippen molar-refractivity contribution in [2.75, 3.05) is 16.4 Å². The molecular formula is C13H16BrNOS. The molecule has 0 atom stereocenters. The lowest BCUT2D eigenvalue weighted by molar-refractivity contribution is -0.114. The van der Waals surface area contributed by atoms with Crippen LogP contribution in [0, 0.1) is 5.41 Å². The Hall–Kier alpha value is -0.480. The van der Waals surface area contributed by atoms with Crippen molar-refractivity contribution in [3.8, 4) is 0 Å². The lowest BCUT2D eigenvalue weighted by Gasteiger charge is -2.10. The second-order valence-corrected chi connectivity index (χ2v) is 6.24. The van der Waals surface area contributed by atoms with Crippen LogP contribution < -0.4 is 5.32 Å². The summed E-state index contributed by atoms with van der Waals surface area (Å²) < 4.78 is 0. The van der Waals surface area contributed by atoms with Gasteiger partial charge in [0.15, 0.2) is 0 Å². The van der Waals surface area contributed by atoms with Gasteiger partial charge in [-0.2, -0.15) is 0 Å². The van der Waals surface area contributed by atoms with Gasteiger partial charge in [-0.1, -0.05) is 15.9 Å². The Morgan fingerprint density at radius 2 is 2.06 bits per heavy atom. The minimum absolute atomic E-state index is 0.0263. The van der Waals surface area contributed by atoms with E-state index < -0.39 is 0 Å². The summed E-state index contributed by atoms with van der Waals surface area (Å²) >= 11 is 5.48. The number of thioether (sulfide) groups is 1. The Labute approximate surface area is 115 Å². The zero-order valence-corrected chi connectivity index (χ0v) is 12.2. The van der Waals surface area contributed by atoms with Crippen LogP contribution in [0.4, 0.5) is 5.69 Å². The van der Waals surface area contributed by atoms with E-state index in [0.717, 1.165) is 11.0 Å². The SMILES string of the molecule is CC(=O)Nc1ccc(SCC2(CBr)CC2)cc1. The molecule has 1 N–H and O–H groups in total. The smallest absolute Gasteiger partial charge is 0.221 e. The largest absolute Gasteiger partial charge is 0.326 e. The first-order chi connectivity index (χ1) is 8.13. The first-order valence-electron chi connectivity index (χ1n) is 5.70. The normalized spacial score (nSPS) is 16.6. The number of halogens is 1. The minimum Gasteiger partial charge on any atom is -0.326 e. The summed E-state index contributed by atoms with van der Waals surface area (Å²) in [5.41, 5.74) is 1.41. The summed E-state index contributed by atoms with van der Waals surface area (Å²) in [6.45, 7) is 1.52. The number of hydrogen-bond donors (Lipinski definition) is 1. The molecule has 2 rings (SSSR count). The van der Waals surface area contributed by atoms with Crippen LogP contribution in [-0.2, 0) is 4.79 Å². The third-order valence-electron chi connectivity index (χ3n) is 2.96. The van der Waals surface area contributed by atoms with Crippen molar-refractivity contribution in [2.45, 2.75) is 24.7 Å². The Morgan fingerprint density at radius 3 is 2.53 bits per heavy atom. The molecule has 1 aromatic carbocycles. The second-order valence-electron chi connectivity index (χ2n) is 4.63. The molecule has 17 heavy (non-hydrogen) atoms. The van der Waals surface area contributed by atoms with Gasteiger partial charge in [-0.15, -0.1) is 11.8 Å². The predicted octanol–water partition coefficient (Wildman–Crippen LogP) is 3.91. The van der Waals surface area contributed by atoms with Crippen molar-refractivity contribution in [3.63, 3.8) is 0 Å². The second kappa shape index (κ2) is 5.44. The van der Waals surface area contributed by atoms with E-state index >= 15 is 0 Å². The van der Waals surface area contributed by atoms with E-state index in [1.165, 1.54) is 30.4 Å². The monoisotopic (exact) mass is 313 g/mol. The van der Waals surface area contributed by atoms with Crippen LogP contribution in [0.15, 0.2) is 29.2 Å². The maximum atomic E-state index is 10.9. The van der Waals surface area contributed by atoms with Crippen LogP contribution in [0.5, 0.6) is 0 Å². The summed E-state index contributed by atoms with van der Waals surface area (Å²) in [6, 6.07) is 8.05. The van der Waals surface area contributed by atoms with Crippen LogP contribution in [0.2, 0.25) is 0 Å². The van der Waals surface area contributed by atoms with Gasteiger partial charge >= 0.3 is 0 Å². The number of nitrogens with one attached hydrogen (secondary N) is 1. The molecule has 0 spiro atoms. The van der Waals surface area contributed by atoms with Gasteiger partial charge in [0.05, 0.1) is 0 Å². The molecule has 1 amide bonds. The highest BCUT2D eigenvalue weighted by Gasteiger charge is 2.41. The lowest BCUT2D eigenvalue weighted by Crippen LogP contribution is -2.06. The number of carbonyl (C=O) groups excluding carboxylic acids is 1. The summed E-state index contributed by atoms with van der Waals surface area (Å²) in [5, 5.41) is 3.88. The third kappa shape index (κ3) is 3.75. The molecule has 1 aliphatic carbocycles. The fourth-order valence-electron chi connectivity index (χ4n) is 1.57. The van der Waals surface area contributed by atoms with Crippen LogP contribution in [-0.4, -0.2) is 17.0 Å². The molecule has 0 heterocycles. The molecule has 92 valence electrons. The van der Waals surface area contributed by atoms with Gasteiger partial charge in [0.1, 0.15) is 0 Å². The molecule has 1 aromatic rings. The predicted molar refractivity (Wildman–Crippen MR) is 76.9 cm³/mol. The van der Waals surface area contributed by atoms with Gasteiger partial charge in [-0.05, 0) is 42.5 Å². The highest BCUT2D eigenvalue weighted by Crippen LogP contribution is 2.50. The molecule has 1 aliphatic rings. The maximum Gasteiger partial charge on any atom is 0.221 e. The molecule has 0 saturated heterocycles. The number of alkyl halides is 1. The van der Waals surface area contributed by atoms with E-state index in [1.807, 2.05) is 23.9 Å². The van der Waals surface area contributed by atoms with Gasteiger partial charge in [-0.25, -0.2) is 0 Å². The Kier molecular flexibility index (Phi) is 4.15. The standard InChI is InChI=1S/C13H16BrNOS/c1-10(16)15-11-2-4-12(5-3-11)17-9-13(8-14)6-7-13/h2-5H,6-9H2,1H3,(H,15,16). The van der Waals surface area contributed by atoms with E-state index in [0.29, 0.717) is 5.41 Å². The number of carbonyl (C=O) groups is 1. The summed E-state index contributed by atoms with van der Waals surface area (Å²) in [7, 11) is 0. The van der Waals surface area contributed by atoms with Gasteiger partial charge in [0.2, 0.25) is 5.91 Å². The van der Waals surface area contributed by atoms with Crippen molar-refractivity contribution >= 4 is 39.3 Å². The van der Waals surface area contributed by atoms with Gasteiger partial charge in [0, 0.05) is 28.6 Å². The van der Waals surface area contributed by atoms with E-state index in [4.69, 9.17) is 0 Å². The number of anilines is 1. The third-order valence-corrected chi connectivity index (χ3v) is 5.51. The molecule has 0 radical (unpaired) electrons. The summed E-state index contributed by atoms with van der Waals surface area (Å²) in [4.78, 5) is 12.2.